The first kappa shape index (κ1) is 14.0. The van der Waals surface area contributed by atoms with E-state index in [-0.39, 0.29) is 10.7 Å². The molecule has 0 saturated carbocycles. The number of carbonyl (C=O) groups is 2. The van der Waals surface area contributed by atoms with Crippen molar-refractivity contribution in [3.63, 3.8) is 0 Å². The van der Waals surface area contributed by atoms with Gasteiger partial charge in [0, 0.05) is 11.3 Å². The van der Waals surface area contributed by atoms with E-state index in [1.807, 2.05) is 5.43 Å². The van der Waals surface area contributed by atoms with Gasteiger partial charge in [-0.3, -0.25) is 20.4 Å². The van der Waals surface area contributed by atoms with E-state index in [1.165, 1.54) is 19.1 Å². The lowest BCUT2D eigenvalue weighted by Crippen LogP contribution is -2.52. The Balaban J connectivity index is 2.21. The van der Waals surface area contributed by atoms with Crippen LogP contribution in [0.1, 0.15) is 29.7 Å². The minimum Gasteiger partial charge on any atom is -0.391 e. The molecule has 0 aliphatic rings. The molecule has 0 bridgehead atoms. The Morgan fingerprint density at radius 1 is 1.26 bits per heavy atom. The smallest absolute Gasteiger partial charge is 0.269 e. The Kier molecular flexibility index (Phi) is 4.70. The summed E-state index contributed by atoms with van der Waals surface area (Å²) in [5, 5.41) is 13.0. The molecule has 2 rings (SSSR count). The first-order chi connectivity index (χ1) is 14.9. The highest BCUT2D eigenvalue weighted by Crippen LogP contribution is 2.33. The van der Waals surface area contributed by atoms with Crippen LogP contribution in [0.25, 0.3) is 4.85 Å². The predicted octanol–water partition coefficient (Wildman–Crippen LogP) is 2.82. The van der Waals surface area contributed by atoms with Crippen LogP contribution in [0.3, 0.4) is 0 Å². The van der Waals surface area contributed by atoms with Crippen molar-refractivity contribution in [2.45, 2.75) is 26.0 Å². The Morgan fingerprint density at radius 2 is 1.93 bits per heavy atom. The molecular weight excluding hydrogens is 368 g/mol. The number of rotatable bonds is 5. The third kappa shape index (κ3) is 4.97. The molecule has 0 aliphatic heterocycles. The molecule has 0 aliphatic carbocycles. The lowest BCUT2D eigenvalue weighted by molar-refractivity contribution is -0.124. The van der Waals surface area contributed by atoms with Crippen molar-refractivity contribution < 1.29 is 21.5 Å². The monoisotopic (exact) mass is 391 g/mol. The Morgan fingerprint density at radius 3 is 2.52 bits per heavy atom. The van der Waals surface area contributed by atoms with Crippen molar-refractivity contribution in [2.24, 2.45) is 0 Å². The second kappa shape index (κ2) is 9.03. The molecule has 2 aromatic carbocycles. The summed E-state index contributed by atoms with van der Waals surface area (Å²) < 4.78 is 38.4. The number of halogens is 1. The summed E-state index contributed by atoms with van der Waals surface area (Å²) in [6.07, 6.45) is -1.23. The fourth-order valence-corrected chi connectivity index (χ4v) is 2.32. The van der Waals surface area contributed by atoms with Crippen molar-refractivity contribution >= 4 is 34.8 Å². The van der Waals surface area contributed by atoms with Gasteiger partial charge in [0.2, 0.25) is 5.69 Å². The molecule has 0 unspecified atom stereocenters. The van der Waals surface area contributed by atoms with Crippen molar-refractivity contribution in [3.05, 3.63) is 69.9 Å². The van der Waals surface area contributed by atoms with Gasteiger partial charge in [0.1, 0.15) is 6.04 Å². The van der Waals surface area contributed by atoms with Crippen LogP contribution in [0.2, 0.25) is 5.02 Å². The molecule has 7 nitrogen and oxygen atoms in total. The van der Waals surface area contributed by atoms with Gasteiger partial charge in [-0.15, -0.1) is 0 Å². The van der Waals surface area contributed by atoms with E-state index in [0.717, 1.165) is 0 Å². The number of amides is 2. The molecule has 0 fully saturated rings. The summed E-state index contributed by atoms with van der Waals surface area (Å²) in [6.45, 7) is 10.0. The second-order valence-corrected chi connectivity index (χ2v) is 5.87. The fraction of sp³-hybridized carbons (Fsp3) is 0.211. The van der Waals surface area contributed by atoms with Crippen LogP contribution in [-0.2, 0) is 4.79 Å². The number of hydrogen-bond acceptors (Lipinski definition) is 4. The van der Waals surface area contributed by atoms with Gasteiger partial charge in [0.15, 0.2) is 0 Å². The summed E-state index contributed by atoms with van der Waals surface area (Å²) in [5.74, 6) is -1.99. The van der Waals surface area contributed by atoms with Crippen molar-refractivity contribution in [1.82, 2.24) is 10.9 Å². The van der Waals surface area contributed by atoms with E-state index < -0.39 is 59.7 Å². The quantitative estimate of drug-likeness (QED) is 0.465. The van der Waals surface area contributed by atoms with E-state index >= 15 is 0 Å². The van der Waals surface area contributed by atoms with Gasteiger partial charge in [-0.2, -0.15) is 0 Å². The maximum atomic E-state index is 12.6. The summed E-state index contributed by atoms with van der Waals surface area (Å²) in [6, 6.07) is -1.79. The van der Waals surface area contributed by atoms with Crippen LogP contribution in [0, 0.1) is 13.5 Å². The largest absolute Gasteiger partial charge is 0.391 e. The molecule has 4 N–H and O–H groups in total. The first-order valence-electron chi connectivity index (χ1n) is 10.2. The molecule has 0 radical (unpaired) electrons. The van der Waals surface area contributed by atoms with Crippen molar-refractivity contribution in [3.8, 4) is 0 Å². The third-order valence-electron chi connectivity index (χ3n) is 3.59. The minimum absolute atomic E-state index is 0.184. The van der Waals surface area contributed by atoms with Gasteiger partial charge in [-0.25, -0.2) is 4.85 Å². The van der Waals surface area contributed by atoms with Gasteiger partial charge in [0.25, 0.3) is 11.8 Å². The molecule has 2 amide bonds. The van der Waals surface area contributed by atoms with Crippen molar-refractivity contribution in [2.75, 3.05) is 5.32 Å². The van der Waals surface area contributed by atoms with E-state index in [2.05, 4.69) is 15.6 Å². The zero-order chi connectivity index (χ0) is 24.3. The van der Waals surface area contributed by atoms with Gasteiger partial charge in [-0.1, -0.05) is 35.8 Å². The van der Waals surface area contributed by atoms with Gasteiger partial charge in [-0.05, 0) is 37.6 Å². The van der Waals surface area contributed by atoms with Gasteiger partial charge < -0.3 is 10.4 Å². The van der Waals surface area contributed by atoms with Crippen LogP contribution in [0.15, 0.2) is 42.3 Å². The van der Waals surface area contributed by atoms with E-state index in [4.69, 9.17) is 25.0 Å². The standard InChI is InChI=1S/C19H19ClN4O3/c1-11-14(9-10-15(21-3)16(11)20)22-17(12(2)25)19(27)24-23-18(26)13-7-5-4-6-8-13/h4-10,12,17,22,25H,1-2H3,(H,23,26)(H,24,27)/t12-,17+/m0/s1/i4D,5D,6D,7D,8D. The second-order valence-electron chi connectivity index (χ2n) is 5.49. The summed E-state index contributed by atoms with van der Waals surface area (Å²) in [7, 11) is 0. The van der Waals surface area contributed by atoms with Crippen LogP contribution in [-0.4, -0.2) is 29.1 Å². The SMILES string of the molecule is [2H]c1c([2H])c([2H])c(C(=O)NNC(=O)[C@H](Nc2ccc([N+]#[C-])c(Cl)c2C)[C@H](C)O)c([2H])c1[2H]. The summed E-state index contributed by atoms with van der Waals surface area (Å²) in [4.78, 5) is 28.3. The number of nitrogens with one attached hydrogen (secondary N) is 3. The van der Waals surface area contributed by atoms with Crippen LogP contribution in [0.5, 0.6) is 0 Å². The lowest BCUT2D eigenvalue weighted by Gasteiger charge is -2.23. The first-order valence-corrected chi connectivity index (χ1v) is 8.08. The molecule has 140 valence electrons. The maximum Gasteiger partial charge on any atom is 0.269 e. The minimum atomic E-state index is -1.26. The highest BCUT2D eigenvalue weighted by atomic mass is 35.5. The average molecular weight is 392 g/mol. The van der Waals surface area contributed by atoms with E-state index in [9.17, 15) is 14.7 Å². The van der Waals surface area contributed by atoms with E-state index in [1.54, 1.807) is 6.92 Å². The molecule has 27 heavy (non-hydrogen) atoms. The molecule has 8 heteroatoms. The molecule has 0 saturated heterocycles. The summed E-state index contributed by atoms with van der Waals surface area (Å²) in [5.41, 5.74) is 4.49. The summed E-state index contributed by atoms with van der Waals surface area (Å²) >= 11 is 6.12. The fourth-order valence-electron chi connectivity index (χ4n) is 2.11. The zero-order valence-electron chi connectivity index (χ0n) is 19.4. The number of hydrazine groups is 1. The van der Waals surface area contributed by atoms with Crippen molar-refractivity contribution in [1.29, 1.82) is 0 Å². The molecule has 2 atom stereocenters. The number of hydrogen-bond donors (Lipinski definition) is 4. The Hall–Kier alpha value is -3.08. The molecule has 0 aromatic heterocycles. The van der Waals surface area contributed by atoms with Crippen LogP contribution >= 0.6 is 11.6 Å². The highest BCUT2D eigenvalue weighted by molar-refractivity contribution is 6.34. The lowest BCUT2D eigenvalue weighted by atomic mass is 10.1. The number of nitrogens with zero attached hydrogens (tertiary/aromatic N) is 1. The Labute approximate surface area is 169 Å². The topological polar surface area (TPSA) is 94.8 Å². The van der Waals surface area contributed by atoms with Gasteiger partial charge >= 0.3 is 0 Å². The Bertz CT molecular complexity index is 1110. The number of benzene rings is 2. The number of anilines is 1. The average Bonchev–Trinajstić information content (AvgIpc) is 2.75. The molecular formula is C19H19ClN4O3. The normalized spacial score (nSPS) is 15.0. The molecule has 2 aromatic rings. The molecule has 0 spiro atoms. The number of carbonyl (C=O) groups excluding carboxylic acids is 2. The van der Waals surface area contributed by atoms with Gasteiger partial charge in [0.05, 0.1) is 24.6 Å². The highest BCUT2D eigenvalue weighted by Gasteiger charge is 2.25. The third-order valence-corrected chi connectivity index (χ3v) is 4.07. The van der Waals surface area contributed by atoms with E-state index in [0.29, 0.717) is 11.3 Å². The van der Waals surface area contributed by atoms with Crippen LogP contribution in [0.4, 0.5) is 11.4 Å². The predicted molar refractivity (Wildman–Crippen MR) is 104 cm³/mol. The van der Waals surface area contributed by atoms with Crippen LogP contribution < -0.4 is 16.2 Å². The number of aliphatic hydroxyl groups is 1. The molecule has 0 heterocycles. The zero-order valence-corrected chi connectivity index (χ0v) is 15.2. The number of aliphatic hydroxyl groups excluding tert-OH is 1. The maximum absolute atomic E-state index is 12.6.